The summed E-state index contributed by atoms with van der Waals surface area (Å²) in [5, 5.41) is -0.216. The van der Waals surface area contributed by atoms with Gasteiger partial charge in [-0.25, -0.2) is 0 Å². The van der Waals surface area contributed by atoms with E-state index in [1.165, 1.54) is 13.8 Å². The Labute approximate surface area is 161 Å². The first kappa shape index (κ1) is 24.1. The van der Waals surface area contributed by atoms with Crippen LogP contribution in [0.15, 0.2) is 4.36 Å². The summed E-state index contributed by atoms with van der Waals surface area (Å²) in [6, 6.07) is 0. The summed E-state index contributed by atoms with van der Waals surface area (Å²) in [6.45, 7) is 2.81. The molecule has 1 amide bonds. The third-order valence-electron chi connectivity index (χ3n) is 3.29. The summed E-state index contributed by atoms with van der Waals surface area (Å²) in [7, 11) is 0. The summed E-state index contributed by atoms with van der Waals surface area (Å²) in [4.78, 5) is 56.7. The molecule has 0 saturated carbocycles. The molecule has 25 heavy (non-hydrogen) atoms. The second kappa shape index (κ2) is 14.3. The van der Waals surface area contributed by atoms with Gasteiger partial charge < -0.3 is 0 Å². The van der Waals surface area contributed by atoms with Crippen molar-refractivity contribution in [3.8, 4) is 0 Å². The lowest BCUT2D eigenvalue weighted by molar-refractivity contribution is -0.126. The number of amides is 1. The fraction of sp³-hybridized carbons (Fsp3) is 0.688. The van der Waals surface area contributed by atoms with Gasteiger partial charge in [0.1, 0.15) is 11.6 Å². The van der Waals surface area contributed by atoms with Crippen molar-refractivity contribution in [1.29, 1.82) is 0 Å². The van der Waals surface area contributed by atoms with Gasteiger partial charge in [-0.05, 0) is 12.8 Å². The van der Waals surface area contributed by atoms with Gasteiger partial charge in [0, 0.05) is 45.0 Å². The third-order valence-corrected chi connectivity index (χ3v) is 5.22. The predicted octanol–water partition coefficient (Wildman–Crippen LogP) is 2.90. The Balaban J connectivity index is 4.12. The number of carbonyl (C=O) groups excluding carboxylic acids is 5. The monoisotopic (exact) mass is 405 g/mol. The van der Waals surface area contributed by atoms with Crippen LogP contribution in [0.3, 0.4) is 0 Å². The first-order valence-electron chi connectivity index (χ1n) is 7.93. The van der Waals surface area contributed by atoms with Gasteiger partial charge in [-0.15, -0.1) is 4.36 Å². The Morgan fingerprint density at radius 1 is 0.880 bits per heavy atom. The topological polar surface area (TPSA) is 97.7 Å². The van der Waals surface area contributed by atoms with Gasteiger partial charge in [-0.1, -0.05) is 36.4 Å². The van der Waals surface area contributed by atoms with Crippen LogP contribution in [0.25, 0.3) is 0 Å². The van der Waals surface area contributed by atoms with Gasteiger partial charge in [0.25, 0.3) is 5.91 Å². The molecule has 0 aliphatic carbocycles. The van der Waals surface area contributed by atoms with Crippen LogP contribution < -0.4 is 0 Å². The highest BCUT2D eigenvalue weighted by atomic mass is 32.2. The van der Waals surface area contributed by atoms with Crippen LogP contribution in [-0.2, 0) is 36.4 Å². The summed E-state index contributed by atoms with van der Waals surface area (Å²) in [5.74, 6) is -0.919. The lowest BCUT2D eigenvalue weighted by Gasteiger charge is -2.11. The SMILES string of the molecule is CC(=O)SCC(=O)CCCCCC(CC(=O)CSC(C)=O)C(=O)N=S. The minimum Gasteiger partial charge on any atom is -0.299 e. The molecule has 0 saturated heterocycles. The summed E-state index contributed by atoms with van der Waals surface area (Å²) >= 11 is 6.36. The highest BCUT2D eigenvalue weighted by molar-refractivity contribution is 8.14. The van der Waals surface area contributed by atoms with Crippen molar-refractivity contribution >= 4 is 63.7 Å². The molecule has 6 nitrogen and oxygen atoms in total. The molecule has 0 N–H and O–H groups in total. The highest BCUT2D eigenvalue weighted by Gasteiger charge is 2.21. The molecule has 0 rings (SSSR count). The number of thioether (sulfide) groups is 2. The maximum absolute atomic E-state index is 11.8. The molecule has 0 aromatic carbocycles. The van der Waals surface area contributed by atoms with Crippen molar-refractivity contribution in [2.45, 2.75) is 52.4 Å². The molecule has 0 heterocycles. The van der Waals surface area contributed by atoms with E-state index in [1.54, 1.807) is 0 Å². The van der Waals surface area contributed by atoms with Gasteiger partial charge >= 0.3 is 0 Å². The molecule has 0 aliphatic heterocycles. The molecule has 1 unspecified atom stereocenters. The zero-order valence-corrected chi connectivity index (χ0v) is 16.9. The first-order chi connectivity index (χ1) is 11.8. The Morgan fingerprint density at radius 3 is 1.96 bits per heavy atom. The van der Waals surface area contributed by atoms with Crippen LogP contribution in [-0.4, -0.2) is 39.2 Å². The van der Waals surface area contributed by atoms with Gasteiger partial charge in [-0.3, -0.25) is 24.0 Å². The highest BCUT2D eigenvalue weighted by Crippen LogP contribution is 2.18. The number of hydrogen-bond donors (Lipinski definition) is 0. The number of Topliss-reactive ketones (excluding diaryl/α,β-unsaturated/α-hetero) is 2. The molecule has 9 heteroatoms. The minimum atomic E-state index is -0.554. The second-order valence-corrected chi connectivity index (χ2v) is 8.05. The maximum Gasteiger partial charge on any atom is 0.260 e. The normalized spacial score (nSPS) is 11.6. The number of unbranched alkanes of at least 4 members (excludes halogenated alkanes) is 2. The van der Waals surface area contributed by atoms with E-state index in [0.717, 1.165) is 29.9 Å². The smallest absolute Gasteiger partial charge is 0.260 e. The fourth-order valence-corrected chi connectivity index (χ4v) is 3.19. The van der Waals surface area contributed by atoms with Crippen molar-refractivity contribution in [3.63, 3.8) is 0 Å². The lowest BCUT2D eigenvalue weighted by atomic mass is 9.95. The third kappa shape index (κ3) is 14.0. The Hall–Kier alpha value is -0.930. The number of carbonyl (C=O) groups is 5. The molecule has 0 spiro atoms. The Kier molecular flexibility index (Phi) is 13.7. The van der Waals surface area contributed by atoms with Crippen LogP contribution in [0.1, 0.15) is 52.4 Å². The second-order valence-electron chi connectivity index (χ2n) is 5.57. The average Bonchev–Trinajstić information content (AvgIpc) is 2.55. The zero-order valence-electron chi connectivity index (χ0n) is 14.4. The van der Waals surface area contributed by atoms with Crippen molar-refractivity contribution in [3.05, 3.63) is 0 Å². The van der Waals surface area contributed by atoms with Crippen molar-refractivity contribution in [1.82, 2.24) is 0 Å². The molecular formula is C16H23NO5S3. The van der Waals surface area contributed by atoms with E-state index in [9.17, 15) is 24.0 Å². The number of hydrogen-bond acceptors (Lipinski definition) is 8. The van der Waals surface area contributed by atoms with E-state index in [4.69, 9.17) is 0 Å². The zero-order chi connectivity index (χ0) is 19.2. The van der Waals surface area contributed by atoms with Crippen LogP contribution in [0, 0.1) is 5.92 Å². The lowest BCUT2D eigenvalue weighted by Crippen LogP contribution is -2.18. The van der Waals surface area contributed by atoms with Crippen molar-refractivity contribution in [2.24, 2.45) is 10.3 Å². The molecule has 0 aromatic heterocycles. The van der Waals surface area contributed by atoms with E-state index in [1.807, 2.05) is 0 Å². The molecule has 1 atom stereocenters. The van der Waals surface area contributed by atoms with Crippen LogP contribution in [0.2, 0.25) is 0 Å². The maximum atomic E-state index is 11.8. The van der Waals surface area contributed by atoms with Crippen molar-refractivity contribution < 1.29 is 24.0 Å². The van der Waals surface area contributed by atoms with Gasteiger partial charge in [0.05, 0.1) is 11.5 Å². The largest absolute Gasteiger partial charge is 0.299 e. The van der Waals surface area contributed by atoms with E-state index in [-0.39, 0.29) is 39.7 Å². The standard InChI is InChI=1S/C16H23NO5S3/c1-11(18)24-9-14(20)7-5-3-4-6-13(16(22)17-23)8-15(21)10-25-12(2)19/h13H,3-10H2,1-2H3. The Morgan fingerprint density at radius 2 is 1.44 bits per heavy atom. The quantitative estimate of drug-likeness (QED) is 0.431. The van der Waals surface area contributed by atoms with Gasteiger partial charge in [-0.2, -0.15) is 0 Å². The molecule has 0 aromatic rings. The van der Waals surface area contributed by atoms with E-state index >= 15 is 0 Å². The number of nitrogens with zero attached hydrogens (tertiary/aromatic N) is 1. The van der Waals surface area contributed by atoms with Gasteiger partial charge in [0.15, 0.2) is 10.2 Å². The van der Waals surface area contributed by atoms with Crippen LogP contribution in [0.5, 0.6) is 0 Å². The Bertz CT molecular complexity index is 522. The fourth-order valence-electron chi connectivity index (χ4n) is 2.05. The molecule has 0 radical (unpaired) electrons. The van der Waals surface area contributed by atoms with E-state index in [2.05, 4.69) is 16.8 Å². The number of rotatable bonds is 13. The summed E-state index contributed by atoms with van der Waals surface area (Å²) in [6.07, 6.45) is 3.02. The van der Waals surface area contributed by atoms with Crippen LogP contribution in [0.4, 0.5) is 0 Å². The number of ketones is 2. The molecule has 0 aliphatic rings. The minimum absolute atomic E-state index is 0.0322. The van der Waals surface area contributed by atoms with E-state index < -0.39 is 11.8 Å². The average molecular weight is 406 g/mol. The molecule has 0 bridgehead atoms. The van der Waals surface area contributed by atoms with Crippen molar-refractivity contribution in [2.75, 3.05) is 11.5 Å². The summed E-state index contributed by atoms with van der Waals surface area (Å²) < 4.78 is 3.23. The molecule has 0 fully saturated rings. The predicted molar refractivity (Wildman–Crippen MR) is 102 cm³/mol. The van der Waals surface area contributed by atoms with Gasteiger partial charge in [0.2, 0.25) is 0 Å². The molecular weight excluding hydrogens is 382 g/mol. The van der Waals surface area contributed by atoms with Crippen LogP contribution >= 0.6 is 23.5 Å². The summed E-state index contributed by atoms with van der Waals surface area (Å²) in [5.41, 5.74) is 0. The molecule has 140 valence electrons. The van der Waals surface area contributed by atoms with E-state index in [0.29, 0.717) is 25.7 Å². The first-order valence-corrected chi connectivity index (χ1v) is 10.3.